The van der Waals surface area contributed by atoms with Crippen molar-refractivity contribution in [1.82, 2.24) is 5.32 Å². The molecule has 0 fully saturated rings. The van der Waals surface area contributed by atoms with Gasteiger partial charge in [-0.1, -0.05) is 13.0 Å². The molecule has 0 bridgehead atoms. The van der Waals surface area contributed by atoms with Crippen molar-refractivity contribution in [2.45, 2.75) is 45.3 Å². The summed E-state index contributed by atoms with van der Waals surface area (Å²) in [6.45, 7) is 7.12. The van der Waals surface area contributed by atoms with Crippen LogP contribution in [0.3, 0.4) is 0 Å². The van der Waals surface area contributed by atoms with Crippen LogP contribution in [0.5, 0.6) is 5.75 Å². The second-order valence-electron chi connectivity index (χ2n) is 5.49. The summed E-state index contributed by atoms with van der Waals surface area (Å²) in [6.07, 6.45) is 1.76. The van der Waals surface area contributed by atoms with E-state index in [0.29, 0.717) is 6.42 Å². The van der Waals surface area contributed by atoms with Crippen LogP contribution < -0.4 is 10.1 Å². The van der Waals surface area contributed by atoms with Gasteiger partial charge in [-0.05, 0) is 50.9 Å². The second kappa shape index (κ2) is 7.60. The number of hydrogen-bond donors (Lipinski definition) is 1. The normalized spacial score (nSPS) is 13.3. The molecule has 1 N–H and O–H groups in total. The largest absolute Gasteiger partial charge is 0.494 e. The van der Waals surface area contributed by atoms with E-state index in [2.05, 4.69) is 12.2 Å². The zero-order valence-electron chi connectivity index (χ0n) is 13.1. The van der Waals surface area contributed by atoms with Crippen molar-refractivity contribution in [3.05, 3.63) is 29.6 Å². The highest BCUT2D eigenvalue weighted by atomic mass is 19.1. The maximum atomic E-state index is 13.8. The Hall–Kier alpha value is -1.13. The Morgan fingerprint density at radius 1 is 1.30 bits per heavy atom. The third kappa shape index (κ3) is 4.46. The molecule has 0 saturated heterocycles. The third-order valence-electron chi connectivity index (χ3n) is 3.66. The van der Waals surface area contributed by atoms with Gasteiger partial charge in [0.05, 0.1) is 12.7 Å². The summed E-state index contributed by atoms with van der Waals surface area (Å²) in [5.74, 6) is -0.0488. The fourth-order valence-corrected chi connectivity index (χ4v) is 2.10. The van der Waals surface area contributed by atoms with Crippen LogP contribution in [0.4, 0.5) is 4.39 Å². The van der Waals surface area contributed by atoms with Crippen molar-refractivity contribution in [1.29, 1.82) is 0 Å². The van der Waals surface area contributed by atoms with E-state index in [0.717, 1.165) is 18.5 Å². The van der Waals surface area contributed by atoms with Gasteiger partial charge < -0.3 is 14.8 Å². The van der Waals surface area contributed by atoms with Crippen LogP contribution >= 0.6 is 0 Å². The van der Waals surface area contributed by atoms with Gasteiger partial charge in [-0.15, -0.1) is 0 Å². The van der Waals surface area contributed by atoms with Crippen LogP contribution in [0.2, 0.25) is 0 Å². The summed E-state index contributed by atoms with van der Waals surface area (Å²) in [4.78, 5) is 0. The van der Waals surface area contributed by atoms with E-state index in [-0.39, 0.29) is 23.2 Å². The number of ether oxygens (including phenoxy) is 2. The van der Waals surface area contributed by atoms with Crippen LogP contribution in [-0.2, 0) is 11.2 Å². The molecule has 1 aromatic rings. The van der Waals surface area contributed by atoms with Crippen LogP contribution in [-0.4, -0.2) is 32.4 Å². The SMILES string of the molecule is CCCNC(Cc1ccc(OC)c(F)c1)C(C)(C)OC. The molecule has 0 aliphatic heterocycles. The molecule has 1 rings (SSSR count). The van der Waals surface area contributed by atoms with Crippen LogP contribution in [0.1, 0.15) is 32.8 Å². The third-order valence-corrected chi connectivity index (χ3v) is 3.66. The predicted molar refractivity (Wildman–Crippen MR) is 79.8 cm³/mol. The van der Waals surface area contributed by atoms with Crippen LogP contribution in [0.25, 0.3) is 0 Å². The topological polar surface area (TPSA) is 30.5 Å². The lowest BCUT2D eigenvalue weighted by Gasteiger charge is -2.34. The minimum absolute atomic E-state index is 0.125. The zero-order chi connectivity index (χ0) is 15.2. The van der Waals surface area contributed by atoms with Crippen molar-refractivity contribution in [3.63, 3.8) is 0 Å². The van der Waals surface area contributed by atoms with Gasteiger partial charge in [0.1, 0.15) is 0 Å². The Balaban J connectivity index is 2.86. The summed E-state index contributed by atoms with van der Waals surface area (Å²) < 4.78 is 24.3. The maximum absolute atomic E-state index is 13.8. The van der Waals surface area contributed by atoms with Crippen molar-refractivity contribution >= 4 is 0 Å². The first-order valence-electron chi connectivity index (χ1n) is 7.05. The summed E-state index contributed by atoms with van der Waals surface area (Å²) in [6, 6.07) is 5.22. The molecule has 0 aliphatic carbocycles. The van der Waals surface area contributed by atoms with Crippen molar-refractivity contribution in [3.8, 4) is 5.75 Å². The number of methoxy groups -OCH3 is 2. The van der Waals surface area contributed by atoms with Crippen LogP contribution in [0, 0.1) is 5.82 Å². The molecule has 1 aromatic carbocycles. The van der Waals surface area contributed by atoms with E-state index >= 15 is 0 Å². The molecule has 0 amide bonds. The fourth-order valence-electron chi connectivity index (χ4n) is 2.10. The van der Waals surface area contributed by atoms with Gasteiger partial charge in [0.25, 0.3) is 0 Å². The van der Waals surface area contributed by atoms with Gasteiger partial charge >= 0.3 is 0 Å². The van der Waals surface area contributed by atoms with Gasteiger partial charge in [-0.3, -0.25) is 0 Å². The maximum Gasteiger partial charge on any atom is 0.165 e. The number of rotatable bonds is 8. The first-order chi connectivity index (χ1) is 9.44. The van der Waals surface area contributed by atoms with Gasteiger partial charge in [0.15, 0.2) is 11.6 Å². The number of halogens is 1. The van der Waals surface area contributed by atoms with Gasteiger partial charge in [0, 0.05) is 13.2 Å². The van der Waals surface area contributed by atoms with Gasteiger partial charge in [0.2, 0.25) is 0 Å². The summed E-state index contributed by atoms with van der Waals surface area (Å²) in [5.41, 5.74) is 0.619. The predicted octanol–water partition coefficient (Wildman–Crippen LogP) is 3.17. The molecular weight excluding hydrogens is 257 g/mol. The number of nitrogens with one attached hydrogen (secondary N) is 1. The minimum atomic E-state index is -0.325. The molecule has 0 aliphatic rings. The Morgan fingerprint density at radius 3 is 2.50 bits per heavy atom. The average Bonchev–Trinajstić information content (AvgIpc) is 2.43. The average molecular weight is 283 g/mol. The molecule has 0 heterocycles. The summed E-state index contributed by atoms with van der Waals surface area (Å²) >= 11 is 0. The highest BCUT2D eigenvalue weighted by Crippen LogP contribution is 2.22. The highest BCUT2D eigenvalue weighted by Gasteiger charge is 2.29. The molecule has 0 aromatic heterocycles. The molecule has 0 spiro atoms. The zero-order valence-corrected chi connectivity index (χ0v) is 13.1. The molecule has 114 valence electrons. The molecule has 3 nitrogen and oxygen atoms in total. The van der Waals surface area contributed by atoms with E-state index in [1.165, 1.54) is 13.2 Å². The van der Waals surface area contributed by atoms with Crippen LogP contribution in [0.15, 0.2) is 18.2 Å². The smallest absolute Gasteiger partial charge is 0.165 e. The molecule has 20 heavy (non-hydrogen) atoms. The lowest BCUT2D eigenvalue weighted by molar-refractivity contribution is -0.00999. The second-order valence-corrected chi connectivity index (χ2v) is 5.49. The molecule has 0 radical (unpaired) electrons. The molecule has 1 atom stereocenters. The Labute approximate surface area is 121 Å². The summed E-state index contributed by atoms with van der Waals surface area (Å²) in [7, 11) is 3.17. The highest BCUT2D eigenvalue weighted by molar-refractivity contribution is 5.30. The fraction of sp³-hybridized carbons (Fsp3) is 0.625. The molecular formula is C16H26FNO2. The number of benzene rings is 1. The molecule has 4 heteroatoms. The van der Waals surface area contributed by atoms with Gasteiger partial charge in [-0.2, -0.15) is 0 Å². The van der Waals surface area contributed by atoms with E-state index in [9.17, 15) is 4.39 Å². The lowest BCUT2D eigenvalue weighted by atomic mass is 9.92. The Kier molecular flexibility index (Phi) is 6.43. The lowest BCUT2D eigenvalue weighted by Crippen LogP contribution is -2.49. The van der Waals surface area contributed by atoms with Crippen molar-refractivity contribution < 1.29 is 13.9 Å². The number of hydrogen-bond acceptors (Lipinski definition) is 3. The molecule has 0 saturated carbocycles. The Bertz CT molecular complexity index is 421. The standard InChI is InChI=1S/C16H26FNO2/c1-6-9-18-15(16(2,3)20-5)11-12-7-8-14(19-4)13(17)10-12/h7-8,10,15,18H,6,9,11H2,1-5H3. The Morgan fingerprint density at radius 2 is 2.00 bits per heavy atom. The first-order valence-corrected chi connectivity index (χ1v) is 7.05. The quantitative estimate of drug-likeness (QED) is 0.795. The van der Waals surface area contributed by atoms with E-state index < -0.39 is 0 Å². The van der Waals surface area contributed by atoms with Gasteiger partial charge in [-0.25, -0.2) is 4.39 Å². The van der Waals surface area contributed by atoms with E-state index in [1.54, 1.807) is 13.2 Å². The van der Waals surface area contributed by atoms with E-state index in [1.807, 2.05) is 19.9 Å². The minimum Gasteiger partial charge on any atom is -0.494 e. The van der Waals surface area contributed by atoms with Crippen molar-refractivity contribution in [2.75, 3.05) is 20.8 Å². The monoisotopic (exact) mass is 283 g/mol. The summed E-state index contributed by atoms with van der Waals surface area (Å²) in [5, 5.41) is 3.48. The molecule has 1 unspecified atom stereocenters. The van der Waals surface area contributed by atoms with E-state index in [4.69, 9.17) is 9.47 Å². The first kappa shape index (κ1) is 16.9. The van der Waals surface area contributed by atoms with Crippen molar-refractivity contribution in [2.24, 2.45) is 0 Å².